The summed E-state index contributed by atoms with van der Waals surface area (Å²) in [5, 5.41) is 43.9. The molecule has 4 rings (SSSR count). The molecular weight excluding hydrogens is 440 g/mol. The highest BCUT2D eigenvalue weighted by Crippen LogP contribution is 2.50. The third-order valence-corrected chi connectivity index (χ3v) is 6.51. The van der Waals surface area contributed by atoms with Gasteiger partial charge in [0.15, 0.2) is 11.4 Å². The second-order valence-corrected chi connectivity index (χ2v) is 8.29. The van der Waals surface area contributed by atoms with Gasteiger partial charge in [-0.3, -0.25) is 19.3 Å². The van der Waals surface area contributed by atoms with Crippen LogP contribution in [0, 0.1) is 12.8 Å². The molecule has 0 bridgehead atoms. The molecule has 6 N–H and O–H groups in total. The van der Waals surface area contributed by atoms with E-state index in [4.69, 9.17) is 5.73 Å². The maximum Gasteiger partial charge on any atom is 0.255 e. The number of phenolic OH excluding ortho intramolecular Hbond substituents is 2. The van der Waals surface area contributed by atoms with Crippen molar-refractivity contribution in [3.63, 3.8) is 0 Å². The zero-order chi connectivity index (χ0) is 23.0. The number of aryl methyl sites for hydroxylation is 1. The van der Waals surface area contributed by atoms with Crippen LogP contribution in [-0.2, 0) is 16.0 Å². The minimum atomic E-state index is -2.65. The zero-order valence-corrected chi connectivity index (χ0v) is 18.4. The van der Waals surface area contributed by atoms with E-state index < -0.39 is 52.1 Å². The molecule has 0 saturated heterocycles. The van der Waals surface area contributed by atoms with Crippen LogP contribution in [0.15, 0.2) is 29.5 Å². The Balaban J connectivity index is 0.00000289. The molecule has 3 atom stereocenters. The number of halogens is 1. The van der Waals surface area contributed by atoms with Crippen molar-refractivity contribution in [2.45, 2.75) is 25.0 Å². The highest BCUT2D eigenvalue weighted by molar-refractivity contribution is 6.25. The highest BCUT2D eigenvalue weighted by atomic mass is 35.5. The molecule has 2 aliphatic rings. The molecule has 170 valence electrons. The lowest BCUT2D eigenvalue weighted by Crippen LogP contribution is -2.64. The van der Waals surface area contributed by atoms with Crippen molar-refractivity contribution in [1.82, 2.24) is 4.90 Å². The Kier molecular flexibility index (Phi) is 5.49. The number of amides is 1. The number of ketones is 2. The fraction of sp³-hybridized carbons (Fsp3) is 0.318. The number of nitrogens with two attached hydrogens (primary N) is 1. The molecule has 0 spiro atoms. The van der Waals surface area contributed by atoms with Crippen LogP contribution in [0.5, 0.6) is 11.5 Å². The van der Waals surface area contributed by atoms with Gasteiger partial charge in [0.1, 0.15) is 22.8 Å². The van der Waals surface area contributed by atoms with Crippen LogP contribution in [0.1, 0.15) is 21.5 Å². The molecule has 0 radical (unpaired) electrons. The van der Waals surface area contributed by atoms with E-state index in [2.05, 4.69) is 0 Å². The summed E-state index contributed by atoms with van der Waals surface area (Å²) >= 11 is 0. The number of Topliss-reactive ketones (excluding diaryl/α,β-unsaturated/α-hetero) is 2. The number of primary amides is 1. The van der Waals surface area contributed by atoms with Crippen LogP contribution in [-0.4, -0.2) is 68.5 Å². The zero-order valence-electron chi connectivity index (χ0n) is 17.5. The molecule has 10 heteroatoms. The van der Waals surface area contributed by atoms with Gasteiger partial charge in [-0.05, 0) is 50.0 Å². The van der Waals surface area contributed by atoms with E-state index in [1.54, 1.807) is 33.2 Å². The van der Waals surface area contributed by atoms with Crippen molar-refractivity contribution in [2.75, 3.05) is 14.1 Å². The van der Waals surface area contributed by atoms with Crippen LogP contribution in [0.3, 0.4) is 0 Å². The Morgan fingerprint density at radius 2 is 1.81 bits per heavy atom. The molecule has 32 heavy (non-hydrogen) atoms. The lowest BCUT2D eigenvalue weighted by Gasteiger charge is -2.47. The molecule has 3 unspecified atom stereocenters. The van der Waals surface area contributed by atoms with Crippen LogP contribution >= 0.6 is 12.4 Å². The molecular formula is C22H23ClN2O7. The van der Waals surface area contributed by atoms with Crippen molar-refractivity contribution < 1.29 is 34.8 Å². The van der Waals surface area contributed by atoms with Crippen molar-refractivity contribution >= 4 is 40.7 Å². The summed E-state index contributed by atoms with van der Waals surface area (Å²) in [4.78, 5) is 39.9. The quantitative estimate of drug-likeness (QED) is 0.411. The average Bonchev–Trinajstić information content (AvgIpc) is 2.68. The molecule has 9 nitrogen and oxygen atoms in total. The number of carbonyl (C=O) groups is 3. The van der Waals surface area contributed by atoms with Crippen LogP contribution in [0.2, 0.25) is 0 Å². The number of rotatable bonds is 2. The van der Waals surface area contributed by atoms with Gasteiger partial charge in [0.05, 0.1) is 17.0 Å². The summed E-state index contributed by atoms with van der Waals surface area (Å²) in [6.45, 7) is 1.71. The number of nitrogens with zero attached hydrogens (tertiary/aromatic N) is 1. The monoisotopic (exact) mass is 462 g/mol. The minimum absolute atomic E-state index is 0. The van der Waals surface area contributed by atoms with Gasteiger partial charge in [-0.1, -0.05) is 12.1 Å². The summed E-state index contributed by atoms with van der Waals surface area (Å²) < 4.78 is 0. The fourth-order valence-corrected chi connectivity index (χ4v) is 5.04. The Bertz CT molecular complexity index is 1240. The van der Waals surface area contributed by atoms with Gasteiger partial charge in [-0.2, -0.15) is 0 Å². The maximum absolute atomic E-state index is 13.6. The summed E-state index contributed by atoms with van der Waals surface area (Å²) in [6.07, 6.45) is -0.0484. The number of aromatic hydroxyl groups is 2. The smallest absolute Gasteiger partial charge is 0.255 e. The van der Waals surface area contributed by atoms with E-state index in [0.717, 1.165) is 0 Å². The SMILES string of the molecule is Cc1c2c(c(O)c3c(O)cccc13)C(=O)C1(O)C(O)=C(C(N)=O)C(=O)C(N(C)C)C1C2.Cl. The molecule has 0 aromatic heterocycles. The first kappa shape index (κ1) is 23.5. The second kappa shape index (κ2) is 7.47. The topological polar surface area (TPSA) is 161 Å². The van der Waals surface area contributed by atoms with Gasteiger partial charge in [-0.15, -0.1) is 12.4 Å². The summed E-state index contributed by atoms with van der Waals surface area (Å²) in [5.74, 6) is -6.18. The molecule has 2 aromatic carbocycles. The van der Waals surface area contributed by atoms with E-state index in [1.165, 1.54) is 11.0 Å². The third kappa shape index (κ3) is 2.75. The standard InChI is InChI=1S/C22H22N2O7.ClH/c1-8-9-5-4-6-12(25)13(9)17(26)14-10(8)7-11-16(24(2)3)18(27)15(21(23)30)20(29)22(11,31)19(14)28;/h4-6,11,16,25-26,29,31H,7H2,1-3H3,(H2,23,30);1H. The Hall–Kier alpha value is -3.14. The molecule has 2 aliphatic carbocycles. The van der Waals surface area contributed by atoms with Gasteiger partial charge in [0.25, 0.3) is 5.91 Å². The number of aliphatic hydroxyl groups is 2. The number of hydrogen-bond acceptors (Lipinski definition) is 8. The molecule has 0 saturated carbocycles. The molecule has 2 aromatic rings. The van der Waals surface area contributed by atoms with Gasteiger partial charge in [-0.25, -0.2) is 0 Å². The van der Waals surface area contributed by atoms with Crippen molar-refractivity contribution in [3.05, 3.63) is 46.2 Å². The molecule has 0 fully saturated rings. The molecule has 1 amide bonds. The van der Waals surface area contributed by atoms with Gasteiger partial charge in [0, 0.05) is 5.92 Å². The average molecular weight is 463 g/mol. The van der Waals surface area contributed by atoms with E-state index in [9.17, 15) is 34.8 Å². The van der Waals surface area contributed by atoms with E-state index >= 15 is 0 Å². The first-order valence-electron chi connectivity index (χ1n) is 9.61. The van der Waals surface area contributed by atoms with Gasteiger partial charge in [0.2, 0.25) is 5.78 Å². The van der Waals surface area contributed by atoms with Crippen LogP contribution in [0.4, 0.5) is 0 Å². The number of fused-ring (bicyclic) bond motifs is 3. The van der Waals surface area contributed by atoms with Crippen molar-refractivity contribution in [1.29, 1.82) is 0 Å². The fourth-order valence-electron chi connectivity index (χ4n) is 5.04. The summed E-state index contributed by atoms with van der Waals surface area (Å²) in [5.41, 5.74) is 2.50. The Labute approximate surface area is 189 Å². The maximum atomic E-state index is 13.6. The normalized spacial score (nSPS) is 24.9. The Morgan fingerprint density at radius 3 is 2.38 bits per heavy atom. The third-order valence-electron chi connectivity index (χ3n) is 6.51. The minimum Gasteiger partial charge on any atom is -0.508 e. The van der Waals surface area contributed by atoms with Crippen LogP contribution < -0.4 is 5.73 Å². The predicted octanol–water partition coefficient (Wildman–Crippen LogP) is 0.878. The first-order chi connectivity index (χ1) is 14.4. The summed E-state index contributed by atoms with van der Waals surface area (Å²) in [7, 11) is 3.10. The van der Waals surface area contributed by atoms with Crippen molar-refractivity contribution in [2.24, 2.45) is 11.7 Å². The number of phenols is 2. The lowest BCUT2D eigenvalue weighted by atomic mass is 9.61. The molecule has 0 heterocycles. The Morgan fingerprint density at radius 1 is 1.19 bits per heavy atom. The highest BCUT2D eigenvalue weighted by Gasteiger charge is 2.62. The molecule has 0 aliphatic heterocycles. The number of aliphatic hydroxyl groups excluding tert-OH is 1. The predicted molar refractivity (Wildman–Crippen MR) is 117 cm³/mol. The first-order valence-corrected chi connectivity index (χ1v) is 9.61. The van der Waals surface area contributed by atoms with Gasteiger partial charge < -0.3 is 26.2 Å². The van der Waals surface area contributed by atoms with Crippen LogP contribution in [0.25, 0.3) is 10.8 Å². The second-order valence-electron chi connectivity index (χ2n) is 8.29. The number of hydrogen-bond donors (Lipinski definition) is 5. The van der Waals surface area contributed by atoms with E-state index in [0.29, 0.717) is 16.5 Å². The largest absolute Gasteiger partial charge is 0.508 e. The van der Waals surface area contributed by atoms with Gasteiger partial charge >= 0.3 is 0 Å². The van der Waals surface area contributed by atoms with E-state index in [1.807, 2.05) is 0 Å². The van der Waals surface area contributed by atoms with Crippen molar-refractivity contribution in [3.8, 4) is 11.5 Å². The number of carbonyl (C=O) groups excluding carboxylic acids is 3. The summed E-state index contributed by atoms with van der Waals surface area (Å²) in [6, 6.07) is 3.50. The number of likely N-dealkylation sites (N-methyl/N-ethyl adjacent to an activating group) is 1. The lowest BCUT2D eigenvalue weighted by molar-refractivity contribution is -0.132. The van der Waals surface area contributed by atoms with E-state index in [-0.39, 0.29) is 35.5 Å². The number of benzene rings is 2.